The number of halogens is 1. The Kier molecular flexibility index (Phi) is 4.21. The van der Waals surface area contributed by atoms with E-state index in [0.717, 1.165) is 35.4 Å². The first-order valence-electron chi connectivity index (χ1n) is 5.75. The first kappa shape index (κ1) is 12.3. The van der Waals surface area contributed by atoms with E-state index in [0.29, 0.717) is 6.54 Å². The van der Waals surface area contributed by atoms with E-state index in [1.165, 1.54) is 12.8 Å². The molecule has 0 spiro atoms. The summed E-state index contributed by atoms with van der Waals surface area (Å²) in [6, 6.07) is 0. The molecule has 1 aromatic heterocycles. The molecule has 2 rings (SSSR count). The van der Waals surface area contributed by atoms with Crippen molar-refractivity contribution in [1.29, 1.82) is 0 Å². The van der Waals surface area contributed by atoms with E-state index in [1.54, 1.807) is 11.3 Å². The van der Waals surface area contributed by atoms with Gasteiger partial charge in [-0.15, -0.1) is 11.3 Å². The molecule has 0 unspecified atom stereocenters. The number of hydrogen-bond donors (Lipinski definition) is 2. The molecule has 1 aliphatic carbocycles. The fourth-order valence-corrected chi connectivity index (χ4v) is 3.28. The van der Waals surface area contributed by atoms with Gasteiger partial charge in [0.05, 0.1) is 5.60 Å². The molecule has 3 nitrogen and oxygen atoms in total. The van der Waals surface area contributed by atoms with Crippen molar-refractivity contribution in [2.75, 3.05) is 11.9 Å². The van der Waals surface area contributed by atoms with Crippen LogP contribution in [0.3, 0.4) is 0 Å². The maximum Gasteiger partial charge on any atom is 0.183 e. The number of anilines is 1. The predicted octanol–water partition coefficient (Wildman–Crippen LogP) is 3.40. The van der Waals surface area contributed by atoms with E-state index in [4.69, 9.17) is 0 Å². The van der Waals surface area contributed by atoms with Gasteiger partial charge in [-0.25, -0.2) is 4.98 Å². The molecule has 0 bridgehead atoms. The van der Waals surface area contributed by atoms with Crippen molar-refractivity contribution < 1.29 is 5.11 Å². The third-order valence-electron chi connectivity index (χ3n) is 3.08. The third kappa shape index (κ3) is 3.43. The molecule has 1 saturated carbocycles. The summed E-state index contributed by atoms with van der Waals surface area (Å²) in [6.45, 7) is 0.618. The lowest BCUT2D eigenvalue weighted by Crippen LogP contribution is -2.36. The largest absolute Gasteiger partial charge is 0.388 e. The van der Waals surface area contributed by atoms with Crippen molar-refractivity contribution in [3.05, 3.63) is 9.98 Å². The zero-order valence-corrected chi connectivity index (χ0v) is 11.6. The molecule has 1 aromatic rings. The average molecular weight is 305 g/mol. The van der Waals surface area contributed by atoms with Crippen molar-refractivity contribution in [3.8, 4) is 0 Å². The van der Waals surface area contributed by atoms with Crippen LogP contribution in [-0.4, -0.2) is 22.2 Å². The highest BCUT2D eigenvalue weighted by atomic mass is 79.9. The fourth-order valence-electron chi connectivity index (χ4n) is 2.14. The quantitative estimate of drug-likeness (QED) is 0.841. The van der Waals surface area contributed by atoms with Crippen LogP contribution < -0.4 is 5.32 Å². The van der Waals surface area contributed by atoms with E-state index < -0.39 is 5.60 Å². The Morgan fingerprint density at radius 1 is 1.38 bits per heavy atom. The molecule has 0 radical (unpaired) electrons. The second-order valence-electron chi connectivity index (χ2n) is 4.47. The van der Waals surface area contributed by atoms with Crippen molar-refractivity contribution in [1.82, 2.24) is 4.98 Å². The fraction of sp³-hybridized carbons (Fsp3) is 0.727. The molecular weight excluding hydrogens is 288 g/mol. The smallest absolute Gasteiger partial charge is 0.183 e. The number of nitrogens with zero attached hydrogens (tertiary/aromatic N) is 1. The van der Waals surface area contributed by atoms with Crippen molar-refractivity contribution in [2.45, 2.75) is 44.1 Å². The first-order chi connectivity index (χ1) is 7.68. The van der Waals surface area contributed by atoms with Crippen LogP contribution in [0.5, 0.6) is 0 Å². The number of aliphatic hydroxyl groups is 1. The van der Waals surface area contributed by atoms with Gasteiger partial charge in [-0.05, 0) is 28.8 Å². The van der Waals surface area contributed by atoms with E-state index >= 15 is 0 Å². The number of thiazole rings is 1. The molecule has 0 saturated heterocycles. The minimum Gasteiger partial charge on any atom is -0.388 e. The van der Waals surface area contributed by atoms with Crippen LogP contribution in [-0.2, 0) is 0 Å². The zero-order valence-electron chi connectivity index (χ0n) is 9.21. The molecule has 0 aliphatic heterocycles. The van der Waals surface area contributed by atoms with Gasteiger partial charge in [-0.3, -0.25) is 0 Å². The number of rotatable bonds is 3. The lowest BCUT2D eigenvalue weighted by molar-refractivity contribution is 0.0381. The Labute approximate surface area is 108 Å². The Bertz CT molecular complexity index is 334. The highest BCUT2D eigenvalue weighted by molar-refractivity contribution is 9.10. The van der Waals surface area contributed by atoms with E-state index in [9.17, 15) is 5.11 Å². The molecule has 1 heterocycles. The molecule has 1 fully saturated rings. The Morgan fingerprint density at radius 3 is 2.62 bits per heavy atom. The van der Waals surface area contributed by atoms with Gasteiger partial charge in [0.1, 0.15) is 4.60 Å². The van der Waals surface area contributed by atoms with Gasteiger partial charge in [0.25, 0.3) is 0 Å². The van der Waals surface area contributed by atoms with Crippen LogP contribution in [0.1, 0.15) is 38.5 Å². The summed E-state index contributed by atoms with van der Waals surface area (Å²) in [5, 5.41) is 16.5. The predicted molar refractivity (Wildman–Crippen MR) is 71.0 cm³/mol. The summed E-state index contributed by atoms with van der Waals surface area (Å²) in [4.78, 5) is 4.26. The summed E-state index contributed by atoms with van der Waals surface area (Å²) in [5.41, 5.74) is -0.533. The minimum absolute atomic E-state index is 0.533. The van der Waals surface area contributed by atoms with Crippen LogP contribution in [0.4, 0.5) is 5.13 Å². The van der Waals surface area contributed by atoms with Crippen LogP contribution in [0, 0.1) is 0 Å². The maximum atomic E-state index is 10.4. The van der Waals surface area contributed by atoms with Gasteiger partial charge in [0, 0.05) is 11.9 Å². The topological polar surface area (TPSA) is 45.1 Å². The monoisotopic (exact) mass is 304 g/mol. The molecule has 0 aromatic carbocycles. The molecule has 0 atom stereocenters. The number of hydrogen-bond acceptors (Lipinski definition) is 4. The number of nitrogens with one attached hydrogen (secondary N) is 1. The van der Waals surface area contributed by atoms with Crippen molar-refractivity contribution in [3.63, 3.8) is 0 Å². The lowest BCUT2D eigenvalue weighted by Gasteiger charge is -2.26. The van der Waals surface area contributed by atoms with Crippen molar-refractivity contribution in [2.24, 2.45) is 0 Å². The summed E-state index contributed by atoms with van der Waals surface area (Å²) in [7, 11) is 0. The Balaban J connectivity index is 1.87. The SMILES string of the molecule is OC1(CNc2nc(Br)cs2)CCCCCC1. The average Bonchev–Trinajstić information content (AvgIpc) is 2.54. The van der Waals surface area contributed by atoms with Gasteiger partial charge < -0.3 is 10.4 Å². The summed E-state index contributed by atoms with van der Waals surface area (Å²) < 4.78 is 0.854. The third-order valence-corrected chi connectivity index (χ3v) is 4.59. The second-order valence-corrected chi connectivity index (χ2v) is 6.14. The maximum absolute atomic E-state index is 10.4. The van der Waals surface area contributed by atoms with Gasteiger partial charge in [0.15, 0.2) is 5.13 Å². The van der Waals surface area contributed by atoms with Crippen LogP contribution in [0.25, 0.3) is 0 Å². The summed E-state index contributed by atoms with van der Waals surface area (Å²) in [6.07, 6.45) is 6.61. The van der Waals surface area contributed by atoms with Gasteiger partial charge >= 0.3 is 0 Å². The molecular formula is C11H17BrN2OS. The molecule has 5 heteroatoms. The number of aromatic nitrogens is 1. The van der Waals surface area contributed by atoms with E-state index in [1.807, 2.05) is 5.38 Å². The van der Waals surface area contributed by atoms with E-state index in [-0.39, 0.29) is 0 Å². The van der Waals surface area contributed by atoms with E-state index in [2.05, 4.69) is 26.2 Å². The van der Waals surface area contributed by atoms with Crippen LogP contribution in [0.2, 0.25) is 0 Å². The molecule has 1 aliphatic rings. The first-order valence-corrected chi connectivity index (χ1v) is 7.43. The molecule has 90 valence electrons. The molecule has 2 N–H and O–H groups in total. The standard InChI is InChI=1S/C11H17BrN2OS/c12-9-7-16-10(14-9)13-8-11(15)5-3-1-2-4-6-11/h7,15H,1-6,8H2,(H,13,14). The Hall–Kier alpha value is -0.130. The van der Waals surface area contributed by atoms with Crippen LogP contribution in [0.15, 0.2) is 9.98 Å². The van der Waals surface area contributed by atoms with Crippen molar-refractivity contribution >= 4 is 32.4 Å². The zero-order chi connectivity index (χ0) is 11.4. The highest BCUT2D eigenvalue weighted by Crippen LogP contribution is 2.28. The van der Waals surface area contributed by atoms with Gasteiger partial charge in [0.2, 0.25) is 0 Å². The summed E-state index contributed by atoms with van der Waals surface area (Å²) >= 11 is 4.88. The van der Waals surface area contributed by atoms with Gasteiger partial charge in [-0.1, -0.05) is 25.7 Å². The molecule has 0 amide bonds. The Morgan fingerprint density at radius 2 is 2.06 bits per heavy atom. The van der Waals surface area contributed by atoms with Gasteiger partial charge in [-0.2, -0.15) is 0 Å². The highest BCUT2D eigenvalue weighted by Gasteiger charge is 2.27. The van der Waals surface area contributed by atoms with Crippen LogP contribution >= 0.6 is 27.3 Å². The second kappa shape index (κ2) is 5.47. The minimum atomic E-state index is -0.533. The summed E-state index contributed by atoms with van der Waals surface area (Å²) in [5.74, 6) is 0. The lowest BCUT2D eigenvalue weighted by atomic mass is 9.95. The normalized spacial score (nSPS) is 20.4. The molecule has 16 heavy (non-hydrogen) atoms.